The van der Waals surface area contributed by atoms with Crippen LogP contribution in [-0.4, -0.2) is 29.1 Å². The first-order chi connectivity index (χ1) is 13.2. The summed E-state index contributed by atoms with van der Waals surface area (Å²) in [7, 11) is 0. The van der Waals surface area contributed by atoms with E-state index >= 15 is 0 Å². The maximum absolute atomic E-state index is 12.5. The fraction of sp³-hybridized carbons (Fsp3) is 0.350. The van der Waals surface area contributed by atoms with Gasteiger partial charge in [-0.3, -0.25) is 4.79 Å². The highest BCUT2D eigenvalue weighted by molar-refractivity contribution is 7.13. The van der Waals surface area contributed by atoms with E-state index in [1.807, 2.05) is 17.5 Å². The second-order valence-electron chi connectivity index (χ2n) is 6.80. The minimum absolute atomic E-state index is 0.0337. The molecule has 6 nitrogen and oxygen atoms in total. The number of carbonyl (C=O) groups excluding carboxylic acids is 1. The van der Waals surface area contributed by atoms with Gasteiger partial charge in [0.25, 0.3) is 0 Å². The van der Waals surface area contributed by atoms with Crippen molar-refractivity contribution in [3.8, 4) is 10.7 Å². The van der Waals surface area contributed by atoms with Gasteiger partial charge in [-0.1, -0.05) is 28.9 Å². The highest BCUT2D eigenvalue weighted by Gasteiger charge is 2.25. The average molecular weight is 382 g/mol. The predicted molar refractivity (Wildman–Crippen MR) is 106 cm³/mol. The quantitative estimate of drug-likeness (QED) is 0.729. The number of rotatable bonds is 5. The molecule has 27 heavy (non-hydrogen) atoms. The summed E-state index contributed by atoms with van der Waals surface area (Å²) >= 11 is 1.56. The van der Waals surface area contributed by atoms with Crippen molar-refractivity contribution in [2.24, 2.45) is 5.92 Å². The highest BCUT2D eigenvalue weighted by Crippen LogP contribution is 2.24. The number of amides is 1. The first kappa shape index (κ1) is 17.7. The van der Waals surface area contributed by atoms with Gasteiger partial charge in [0.05, 0.1) is 11.4 Å². The van der Waals surface area contributed by atoms with E-state index in [0.717, 1.165) is 30.8 Å². The molecule has 3 aromatic rings. The Balaban J connectivity index is 1.27. The molecule has 1 aliphatic rings. The molecule has 0 atom stereocenters. The van der Waals surface area contributed by atoms with Crippen molar-refractivity contribution in [2.45, 2.75) is 26.3 Å². The van der Waals surface area contributed by atoms with Crippen LogP contribution in [0.1, 0.15) is 24.3 Å². The molecule has 2 aromatic heterocycles. The van der Waals surface area contributed by atoms with E-state index in [0.29, 0.717) is 11.7 Å². The second kappa shape index (κ2) is 7.92. The van der Waals surface area contributed by atoms with Crippen LogP contribution < -0.4 is 10.2 Å². The predicted octanol–water partition coefficient (Wildman–Crippen LogP) is 3.64. The number of nitrogens with zero attached hydrogens (tertiary/aromatic N) is 3. The van der Waals surface area contributed by atoms with Crippen molar-refractivity contribution in [3.63, 3.8) is 0 Å². The van der Waals surface area contributed by atoms with Crippen LogP contribution in [0.3, 0.4) is 0 Å². The van der Waals surface area contributed by atoms with Gasteiger partial charge >= 0.3 is 0 Å². The molecule has 4 rings (SSSR count). The summed E-state index contributed by atoms with van der Waals surface area (Å²) in [6.45, 7) is 4.15. The topological polar surface area (TPSA) is 71.3 Å². The molecular weight excluding hydrogens is 360 g/mol. The first-order valence-electron chi connectivity index (χ1n) is 9.15. The lowest BCUT2D eigenvalue weighted by atomic mass is 9.95. The zero-order valence-electron chi connectivity index (χ0n) is 15.2. The molecule has 1 aromatic carbocycles. The summed E-state index contributed by atoms with van der Waals surface area (Å²) in [5.41, 5.74) is 2.49. The molecule has 0 spiro atoms. The zero-order chi connectivity index (χ0) is 18.6. The fourth-order valence-corrected chi connectivity index (χ4v) is 3.94. The Kier molecular flexibility index (Phi) is 5.20. The van der Waals surface area contributed by atoms with Gasteiger partial charge in [-0.2, -0.15) is 4.98 Å². The van der Waals surface area contributed by atoms with E-state index in [9.17, 15) is 4.79 Å². The van der Waals surface area contributed by atoms with Crippen molar-refractivity contribution in [2.75, 3.05) is 18.0 Å². The molecule has 3 heterocycles. The molecule has 1 aliphatic heterocycles. The maximum Gasteiger partial charge on any atom is 0.246 e. The SMILES string of the molecule is Cc1ccc(N2CCC(C(=O)NCc3nc(-c4cccs4)no3)CC2)cc1. The van der Waals surface area contributed by atoms with Crippen molar-refractivity contribution in [1.82, 2.24) is 15.5 Å². The first-order valence-corrected chi connectivity index (χ1v) is 10.0. The lowest BCUT2D eigenvalue weighted by Crippen LogP contribution is -2.40. The van der Waals surface area contributed by atoms with Gasteiger partial charge in [-0.15, -0.1) is 11.3 Å². The number of aromatic nitrogens is 2. The number of benzene rings is 1. The van der Waals surface area contributed by atoms with Crippen LogP contribution in [-0.2, 0) is 11.3 Å². The largest absolute Gasteiger partial charge is 0.371 e. The highest BCUT2D eigenvalue weighted by atomic mass is 32.1. The number of anilines is 1. The maximum atomic E-state index is 12.5. The number of carbonyl (C=O) groups is 1. The molecule has 1 fully saturated rings. The van der Waals surface area contributed by atoms with Crippen LogP contribution in [0.15, 0.2) is 46.3 Å². The number of nitrogens with one attached hydrogen (secondary N) is 1. The number of thiophene rings is 1. The summed E-state index contributed by atoms with van der Waals surface area (Å²) in [5, 5.41) is 8.87. The summed E-state index contributed by atoms with van der Waals surface area (Å²) in [6, 6.07) is 12.4. The van der Waals surface area contributed by atoms with Crippen molar-refractivity contribution in [3.05, 3.63) is 53.2 Å². The van der Waals surface area contributed by atoms with Crippen LogP contribution in [0.2, 0.25) is 0 Å². The minimum Gasteiger partial charge on any atom is -0.371 e. The van der Waals surface area contributed by atoms with E-state index in [2.05, 4.69) is 51.5 Å². The van der Waals surface area contributed by atoms with Gasteiger partial charge < -0.3 is 14.7 Å². The van der Waals surface area contributed by atoms with Crippen LogP contribution in [0.5, 0.6) is 0 Å². The van der Waals surface area contributed by atoms with Crippen LogP contribution in [0.4, 0.5) is 5.69 Å². The van der Waals surface area contributed by atoms with E-state index < -0.39 is 0 Å². The van der Waals surface area contributed by atoms with Gasteiger partial charge in [0.2, 0.25) is 17.6 Å². The smallest absolute Gasteiger partial charge is 0.246 e. The van der Waals surface area contributed by atoms with E-state index in [-0.39, 0.29) is 18.4 Å². The molecule has 140 valence electrons. The Morgan fingerprint density at radius 3 is 2.74 bits per heavy atom. The summed E-state index contributed by atoms with van der Waals surface area (Å²) < 4.78 is 5.23. The van der Waals surface area contributed by atoms with Crippen molar-refractivity contribution < 1.29 is 9.32 Å². The van der Waals surface area contributed by atoms with Gasteiger partial charge in [0.15, 0.2) is 0 Å². The molecule has 0 unspecified atom stereocenters. The van der Waals surface area contributed by atoms with Gasteiger partial charge in [0, 0.05) is 24.7 Å². The average Bonchev–Trinajstić information content (AvgIpc) is 3.38. The molecule has 1 amide bonds. The summed E-state index contributed by atoms with van der Waals surface area (Å²) in [5.74, 6) is 1.10. The van der Waals surface area contributed by atoms with Gasteiger partial charge in [-0.05, 0) is 43.3 Å². The Bertz CT molecular complexity index is 881. The third-order valence-corrected chi connectivity index (χ3v) is 5.75. The lowest BCUT2D eigenvalue weighted by molar-refractivity contribution is -0.125. The lowest BCUT2D eigenvalue weighted by Gasteiger charge is -2.33. The second-order valence-corrected chi connectivity index (χ2v) is 7.75. The number of hydrogen-bond acceptors (Lipinski definition) is 6. The summed E-state index contributed by atoms with van der Waals surface area (Å²) in [6.07, 6.45) is 1.70. The van der Waals surface area contributed by atoms with Gasteiger partial charge in [-0.25, -0.2) is 0 Å². The van der Waals surface area contributed by atoms with Crippen LogP contribution in [0.25, 0.3) is 10.7 Å². The minimum atomic E-state index is 0.0337. The molecular formula is C20H22N4O2S. The normalized spacial score (nSPS) is 15.1. The Morgan fingerprint density at radius 1 is 1.26 bits per heavy atom. The van der Waals surface area contributed by atoms with Crippen LogP contribution >= 0.6 is 11.3 Å². The fourth-order valence-electron chi connectivity index (χ4n) is 3.30. The number of aryl methyl sites for hydroxylation is 1. The molecule has 0 radical (unpaired) electrons. The van der Waals surface area contributed by atoms with E-state index in [1.165, 1.54) is 11.3 Å². The standard InChI is InChI=1S/C20H22N4O2S/c1-14-4-6-16(7-5-14)24-10-8-15(9-11-24)20(25)21-13-18-22-19(23-26-18)17-3-2-12-27-17/h2-7,12,15H,8-11,13H2,1H3,(H,21,25). The third-order valence-electron chi connectivity index (χ3n) is 4.89. The van der Waals surface area contributed by atoms with Crippen molar-refractivity contribution >= 4 is 22.9 Å². The monoisotopic (exact) mass is 382 g/mol. The Labute approximate surface area is 162 Å². The van der Waals surface area contributed by atoms with E-state index in [1.54, 1.807) is 11.3 Å². The third kappa shape index (κ3) is 4.19. The molecule has 1 saturated heterocycles. The van der Waals surface area contributed by atoms with Gasteiger partial charge in [0.1, 0.15) is 0 Å². The molecule has 0 aliphatic carbocycles. The number of piperidine rings is 1. The van der Waals surface area contributed by atoms with Crippen molar-refractivity contribution in [1.29, 1.82) is 0 Å². The van der Waals surface area contributed by atoms with Crippen LogP contribution in [0, 0.1) is 12.8 Å². The molecule has 7 heteroatoms. The van der Waals surface area contributed by atoms with E-state index in [4.69, 9.17) is 4.52 Å². The molecule has 0 saturated carbocycles. The number of hydrogen-bond donors (Lipinski definition) is 1. The molecule has 1 N–H and O–H groups in total. The Morgan fingerprint density at radius 2 is 2.04 bits per heavy atom. The Hall–Kier alpha value is -2.67. The summed E-state index contributed by atoms with van der Waals surface area (Å²) in [4.78, 5) is 20.1. The zero-order valence-corrected chi connectivity index (χ0v) is 16.0. The molecule has 0 bridgehead atoms.